The van der Waals surface area contributed by atoms with Gasteiger partial charge in [-0.15, -0.1) is 0 Å². The molecule has 0 heterocycles. The number of amides is 3. The van der Waals surface area contributed by atoms with Crippen LogP contribution < -0.4 is 16.0 Å². The summed E-state index contributed by atoms with van der Waals surface area (Å²) in [5.41, 5.74) is 1.05. The van der Waals surface area contributed by atoms with E-state index >= 15 is 0 Å². The van der Waals surface area contributed by atoms with E-state index in [1.165, 1.54) is 36.4 Å². The van der Waals surface area contributed by atoms with Gasteiger partial charge < -0.3 is 16.0 Å². The monoisotopic (exact) mass is 439 g/mol. The minimum Gasteiger partial charge on any atom is -0.350 e. The van der Waals surface area contributed by atoms with E-state index in [0.717, 1.165) is 6.07 Å². The van der Waals surface area contributed by atoms with Gasteiger partial charge in [0.2, 0.25) is 0 Å². The number of halogens is 2. The van der Waals surface area contributed by atoms with Gasteiger partial charge in [0.15, 0.2) is 0 Å². The molecule has 8 heteroatoms. The van der Waals surface area contributed by atoms with Crippen LogP contribution in [0.5, 0.6) is 0 Å². The summed E-state index contributed by atoms with van der Waals surface area (Å²) in [6, 6.07) is 18.9. The first kappa shape index (κ1) is 22.0. The Labute approximate surface area is 183 Å². The highest BCUT2D eigenvalue weighted by Gasteiger charge is 2.16. The van der Waals surface area contributed by atoms with Crippen LogP contribution >= 0.6 is 11.6 Å². The Balaban J connectivity index is 1.48. The van der Waals surface area contributed by atoms with E-state index in [4.69, 9.17) is 11.6 Å². The number of hydrogen-bond acceptors (Lipinski definition) is 3. The maximum atomic E-state index is 13.8. The molecular formula is C23H19ClFN3O3. The molecule has 0 atom stereocenters. The Morgan fingerprint density at radius 3 is 1.87 bits per heavy atom. The zero-order valence-electron chi connectivity index (χ0n) is 16.3. The van der Waals surface area contributed by atoms with Crippen molar-refractivity contribution in [2.75, 3.05) is 18.4 Å². The summed E-state index contributed by atoms with van der Waals surface area (Å²) in [6.45, 7) is 0.526. The average molecular weight is 440 g/mol. The molecule has 0 aliphatic carbocycles. The quantitative estimate of drug-likeness (QED) is 0.488. The van der Waals surface area contributed by atoms with Crippen LogP contribution in [0.25, 0.3) is 0 Å². The highest BCUT2D eigenvalue weighted by atomic mass is 35.5. The lowest BCUT2D eigenvalue weighted by Gasteiger charge is -2.09. The van der Waals surface area contributed by atoms with Gasteiger partial charge in [-0.05, 0) is 48.5 Å². The lowest BCUT2D eigenvalue weighted by Crippen LogP contribution is -2.34. The van der Waals surface area contributed by atoms with Crippen LogP contribution in [-0.4, -0.2) is 30.8 Å². The van der Waals surface area contributed by atoms with Gasteiger partial charge >= 0.3 is 0 Å². The Kier molecular flexibility index (Phi) is 7.35. The van der Waals surface area contributed by atoms with Gasteiger partial charge in [0, 0.05) is 29.9 Å². The summed E-state index contributed by atoms with van der Waals surface area (Å²) in [5.74, 6) is -1.95. The molecule has 0 aromatic heterocycles. The lowest BCUT2D eigenvalue weighted by molar-refractivity contribution is 0.0927. The second kappa shape index (κ2) is 10.4. The second-order valence-electron chi connectivity index (χ2n) is 6.51. The number of hydrogen-bond donors (Lipinski definition) is 3. The third kappa shape index (κ3) is 5.90. The Hall–Kier alpha value is -3.71. The summed E-state index contributed by atoms with van der Waals surface area (Å²) in [5, 5.41) is 7.97. The van der Waals surface area contributed by atoms with Crippen molar-refractivity contribution in [3.8, 4) is 0 Å². The fourth-order valence-corrected chi connectivity index (χ4v) is 3.01. The molecule has 0 spiro atoms. The van der Waals surface area contributed by atoms with Crippen LogP contribution in [0.1, 0.15) is 31.1 Å². The molecule has 0 radical (unpaired) electrons. The molecular weight excluding hydrogens is 421 g/mol. The van der Waals surface area contributed by atoms with E-state index in [1.54, 1.807) is 24.3 Å². The summed E-state index contributed by atoms with van der Waals surface area (Å²) in [7, 11) is 0. The molecule has 0 saturated heterocycles. The predicted molar refractivity (Wildman–Crippen MR) is 117 cm³/mol. The first-order valence-corrected chi connectivity index (χ1v) is 9.80. The van der Waals surface area contributed by atoms with Crippen LogP contribution in [0.4, 0.5) is 10.1 Å². The number of carbonyl (C=O) groups is 3. The smallest absolute Gasteiger partial charge is 0.260 e. The number of benzene rings is 3. The van der Waals surface area contributed by atoms with Gasteiger partial charge in [-0.1, -0.05) is 35.9 Å². The lowest BCUT2D eigenvalue weighted by atomic mass is 10.1. The van der Waals surface area contributed by atoms with E-state index in [9.17, 15) is 18.8 Å². The van der Waals surface area contributed by atoms with Crippen LogP contribution in [0.15, 0.2) is 72.8 Å². The Morgan fingerprint density at radius 2 is 1.29 bits per heavy atom. The normalized spacial score (nSPS) is 10.3. The SMILES string of the molecule is O=C(NCCNC(=O)c1ccc(NC(=O)c2c(F)cccc2Cl)cc1)c1ccccc1. The van der Waals surface area contributed by atoms with Gasteiger partial charge in [0.25, 0.3) is 17.7 Å². The summed E-state index contributed by atoms with van der Waals surface area (Å²) < 4.78 is 13.8. The average Bonchev–Trinajstić information content (AvgIpc) is 2.77. The Morgan fingerprint density at radius 1 is 0.710 bits per heavy atom. The molecule has 3 aromatic rings. The van der Waals surface area contributed by atoms with Crippen molar-refractivity contribution in [3.05, 3.63) is 100 Å². The number of anilines is 1. The molecule has 31 heavy (non-hydrogen) atoms. The van der Waals surface area contributed by atoms with Crippen molar-refractivity contribution < 1.29 is 18.8 Å². The number of carbonyl (C=O) groups excluding carboxylic acids is 3. The minimum absolute atomic E-state index is 0.00727. The topological polar surface area (TPSA) is 87.3 Å². The van der Waals surface area contributed by atoms with Gasteiger partial charge in [-0.25, -0.2) is 4.39 Å². The highest BCUT2D eigenvalue weighted by Crippen LogP contribution is 2.20. The minimum atomic E-state index is -0.722. The second-order valence-corrected chi connectivity index (χ2v) is 6.91. The van der Waals surface area contributed by atoms with E-state index in [2.05, 4.69) is 16.0 Å². The van der Waals surface area contributed by atoms with E-state index < -0.39 is 11.7 Å². The van der Waals surface area contributed by atoms with Crippen molar-refractivity contribution in [3.63, 3.8) is 0 Å². The van der Waals surface area contributed by atoms with E-state index in [-0.39, 0.29) is 35.5 Å². The molecule has 158 valence electrons. The fourth-order valence-electron chi connectivity index (χ4n) is 2.76. The van der Waals surface area contributed by atoms with Crippen LogP contribution in [0, 0.1) is 5.82 Å². The summed E-state index contributed by atoms with van der Waals surface area (Å²) >= 11 is 5.89. The van der Waals surface area contributed by atoms with Gasteiger partial charge in [0.1, 0.15) is 5.82 Å². The van der Waals surface area contributed by atoms with Crippen LogP contribution in [0.2, 0.25) is 5.02 Å². The number of rotatable bonds is 7. The highest BCUT2D eigenvalue weighted by molar-refractivity contribution is 6.34. The first-order valence-electron chi connectivity index (χ1n) is 9.42. The molecule has 0 aliphatic rings. The van der Waals surface area contributed by atoms with E-state index in [1.807, 2.05) is 6.07 Å². The molecule has 3 aromatic carbocycles. The third-order valence-electron chi connectivity index (χ3n) is 4.33. The van der Waals surface area contributed by atoms with Gasteiger partial charge in [-0.2, -0.15) is 0 Å². The molecule has 0 saturated carbocycles. The van der Waals surface area contributed by atoms with E-state index in [0.29, 0.717) is 16.8 Å². The van der Waals surface area contributed by atoms with Crippen LogP contribution in [-0.2, 0) is 0 Å². The molecule has 0 unspecified atom stereocenters. The molecule has 3 amide bonds. The molecule has 3 rings (SSSR count). The van der Waals surface area contributed by atoms with Crippen molar-refractivity contribution in [1.29, 1.82) is 0 Å². The third-order valence-corrected chi connectivity index (χ3v) is 4.64. The molecule has 3 N–H and O–H groups in total. The van der Waals surface area contributed by atoms with Crippen molar-refractivity contribution in [1.82, 2.24) is 10.6 Å². The predicted octanol–water partition coefficient (Wildman–Crippen LogP) is 3.89. The fraction of sp³-hybridized carbons (Fsp3) is 0.0870. The number of nitrogens with one attached hydrogen (secondary N) is 3. The zero-order valence-corrected chi connectivity index (χ0v) is 17.1. The molecule has 0 aliphatic heterocycles. The standard InChI is InChI=1S/C23H19ClFN3O3/c24-18-7-4-8-19(25)20(18)23(31)28-17-11-9-16(10-12-17)22(30)27-14-13-26-21(29)15-5-2-1-3-6-15/h1-12H,13-14H2,(H,26,29)(H,27,30)(H,28,31). The Bertz CT molecular complexity index is 1070. The zero-order chi connectivity index (χ0) is 22.2. The maximum absolute atomic E-state index is 13.8. The summed E-state index contributed by atoms with van der Waals surface area (Å²) in [4.78, 5) is 36.4. The largest absolute Gasteiger partial charge is 0.350 e. The molecule has 0 bridgehead atoms. The molecule has 0 fully saturated rings. The van der Waals surface area contributed by atoms with Crippen LogP contribution in [0.3, 0.4) is 0 Å². The first-order chi connectivity index (χ1) is 15.0. The van der Waals surface area contributed by atoms with Crippen molar-refractivity contribution in [2.45, 2.75) is 0 Å². The van der Waals surface area contributed by atoms with Gasteiger partial charge in [0.05, 0.1) is 10.6 Å². The molecule has 6 nitrogen and oxygen atoms in total. The van der Waals surface area contributed by atoms with Crippen molar-refractivity contribution >= 4 is 35.0 Å². The van der Waals surface area contributed by atoms with Crippen molar-refractivity contribution in [2.24, 2.45) is 0 Å². The van der Waals surface area contributed by atoms with Gasteiger partial charge in [-0.3, -0.25) is 14.4 Å². The maximum Gasteiger partial charge on any atom is 0.260 e. The summed E-state index contributed by atoms with van der Waals surface area (Å²) in [6.07, 6.45) is 0.